The predicted octanol–water partition coefficient (Wildman–Crippen LogP) is -0.756. The van der Waals surface area contributed by atoms with Crippen molar-refractivity contribution in [3.05, 3.63) is 0 Å². The first-order valence-electron chi connectivity index (χ1n) is 11.9. The Labute approximate surface area is 216 Å². The van der Waals surface area contributed by atoms with Crippen molar-refractivity contribution in [1.82, 2.24) is 21.3 Å². The molecule has 0 rings (SSSR count). The molecule has 13 nitrogen and oxygen atoms in total. The molecule has 0 spiro atoms. The number of ether oxygens (including phenoxy) is 3. The van der Waals surface area contributed by atoms with Crippen molar-refractivity contribution in [1.29, 1.82) is 0 Å². The van der Waals surface area contributed by atoms with Gasteiger partial charge in [-0.05, 0) is 33.6 Å². The number of carbonyl (C=O) groups excluding carboxylic acids is 4. The van der Waals surface area contributed by atoms with E-state index in [1.54, 1.807) is 0 Å². The highest BCUT2D eigenvalue weighted by Crippen LogP contribution is 2.11. The molecular weight excluding hydrogens is 496 g/mol. The number of amides is 4. The van der Waals surface area contributed by atoms with Crippen molar-refractivity contribution >= 4 is 41.4 Å². The molecule has 36 heavy (non-hydrogen) atoms. The lowest BCUT2D eigenvalue weighted by Crippen LogP contribution is -2.49. The van der Waals surface area contributed by atoms with Crippen LogP contribution in [0.15, 0.2) is 0 Å². The second-order valence-corrected chi connectivity index (χ2v) is 8.68. The fourth-order valence-electron chi connectivity index (χ4n) is 2.69. The summed E-state index contributed by atoms with van der Waals surface area (Å²) >= 11 is 1.27. The van der Waals surface area contributed by atoms with Gasteiger partial charge in [-0.25, -0.2) is 0 Å². The second-order valence-electron chi connectivity index (χ2n) is 7.39. The molecule has 0 heterocycles. The molecule has 0 saturated carbocycles. The largest absolute Gasteiger partial charge is 0.480 e. The molecular formula is C22H40N4O9S. The summed E-state index contributed by atoms with van der Waals surface area (Å²) in [5.74, 6) is -3.05. The number of carboxylic acids is 1. The minimum absolute atomic E-state index is 0.0633. The summed E-state index contributed by atoms with van der Waals surface area (Å²) in [6.45, 7) is 7.26. The lowest BCUT2D eigenvalue weighted by atomic mass is 10.1. The molecule has 0 aromatic heterocycles. The van der Waals surface area contributed by atoms with Crippen LogP contribution >= 0.6 is 11.8 Å². The van der Waals surface area contributed by atoms with E-state index in [2.05, 4.69) is 21.3 Å². The fraction of sp³-hybridized carbons (Fsp3) is 0.773. The highest BCUT2D eigenvalue weighted by molar-refractivity contribution is 8.00. The minimum atomic E-state index is -1.21. The van der Waals surface area contributed by atoms with Gasteiger partial charge in [0.15, 0.2) is 0 Å². The van der Waals surface area contributed by atoms with Crippen LogP contribution in [0.5, 0.6) is 0 Å². The van der Waals surface area contributed by atoms with Crippen molar-refractivity contribution in [3.63, 3.8) is 0 Å². The van der Waals surface area contributed by atoms with Crippen LogP contribution < -0.4 is 21.3 Å². The Kier molecular flexibility index (Phi) is 20.4. The third kappa shape index (κ3) is 19.8. The van der Waals surface area contributed by atoms with Gasteiger partial charge in [0, 0.05) is 26.2 Å². The van der Waals surface area contributed by atoms with Crippen LogP contribution in [-0.4, -0.2) is 105 Å². The molecule has 0 aliphatic carbocycles. The van der Waals surface area contributed by atoms with E-state index in [4.69, 9.17) is 19.3 Å². The van der Waals surface area contributed by atoms with Crippen molar-refractivity contribution in [2.45, 2.75) is 51.5 Å². The molecule has 208 valence electrons. The highest BCUT2D eigenvalue weighted by atomic mass is 32.2. The average molecular weight is 537 g/mol. The molecule has 4 amide bonds. The Hall–Kier alpha value is -2.42. The number of aliphatic carboxylic acids is 1. The van der Waals surface area contributed by atoms with Crippen LogP contribution in [0.25, 0.3) is 0 Å². The molecule has 0 fully saturated rings. The number of hydrogen-bond acceptors (Lipinski definition) is 9. The van der Waals surface area contributed by atoms with E-state index in [0.717, 1.165) is 0 Å². The highest BCUT2D eigenvalue weighted by Gasteiger charge is 2.22. The average Bonchev–Trinajstić information content (AvgIpc) is 2.83. The molecule has 0 bridgehead atoms. The van der Waals surface area contributed by atoms with Gasteiger partial charge in [-0.1, -0.05) is 0 Å². The number of carbonyl (C=O) groups is 5. The Balaban J connectivity index is 4.58. The van der Waals surface area contributed by atoms with Crippen LogP contribution in [-0.2, 0) is 38.2 Å². The third-order valence-electron chi connectivity index (χ3n) is 4.40. The first-order chi connectivity index (χ1) is 17.2. The summed E-state index contributed by atoms with van der Waals surface area (Å²) in [6.07, 6.45) is 0.606. The molecule has 0 aliphatic rings. The third-order valence-corrected chi connectivity index (χ3v) is 5.44. The molecule has 14 heteroatoms. The van der Waals surface area contributed by atoms with E-state index >= 15 is 0 Å². The van der Waals surface area contributed by atoms with Gasteiger partial charge >= 0.3 is 5.97 Å². The van der Waals surface area contributed by atoms with Gasteiger partial charge in [-0.3, -0.25) is 24.0 Å². The molecule has 0 radical (unpaired) electrons. The van der Waals surface area contributed by atoms with Crippen LogP contribution in [0.1, 0.15) is 40.0 Å². The molecule has 0 aromatic rings. The van der Waals surface area contributed by atoms with Gasteiger partial charge in [0.2, 0.25) is 23.6 Å². The monoisotopic (exact) mass is 536 g/mol. The van der Waals surface area contributed by atoms with Crippen LogP contribution in [0.3, 0.4) is 0 Å². The van der Waals surface area contributed by atoms with Gasteiger partial charge in [0.1, 0.15) is 18.0 Å². The van der Waals surface area contributed by atoms with E-state index in [1.165, 1.54) is 11.8 Å². The Morgan fingerprint density at radius 1 is 0.861 bits per heavy atom. The summed E-state index contributed by atoms with van der Waals surface area (Å²) in [6, 6.07) is -0.970. The zero-order chi connectivity index (χ0) is 27.2. The first kappa shape index (κ1) is 33.6. The Bertz CT molecular complexity index is 682. The molecule has 0 aliphatic heterocycles. The second kappa shape index (κ2) is 21.8. The maximum atomic E-state index is 12.6. The maximum absolute atomic E-state index is 12.6. The molecule has 2 atom stereocenters. The smallest absolute Gasteiger partial charge is 0.322 e. The summed E-state index contributed by atoms with van der Waals surface area (Å²) in [5, 5.41) is 18.4. The number of rotatable bonds is 22. The summed E-state index contributed by atoms with van der Waals surface area (Å²) < 4.78 is 15.8. The van der Waals surface area contributed by atoms with Gasteiger partial charge in [-0.15, -0.1) is 11.8 Å². The first-order valence-corrected chi connectivity index (χ1v) is 12.9. The van der Waals surface area contributed by atoms with Crippen LogP contribution in [0, 0.1) is 0 Å². The lowest BCUT2D eigenvalue weighted by Gasteiger charge is -2.19. The van der Waals surface area contributed by atoms with Crippen molar-refractivity contribution in [2.75, 3.05) is 58.4 Å². The van der Waals surface area contributed by atoms with E-state index in [0.29, 0.717) is 46.0 Å². The Morgan fingerprint density at radius 3 is 2.25 bits per heavy atom. The molecule has 0 saturated heterocycles. The van der Waals surface area contributed by atoms with Crippen molar-refractivity contribution in [2.24, 2.45) is 0 Å². The van der Waals surface area contributed by atoms with E-state index < -0.39 is 42.8 Å². The van der Waals surface area contributed by atoms with Crippen molar-refractivity contribution in [3.8, 4) is 0 Å². The normalized spacial score (nSPS) is 12.3. The van der Waals surface area contributed by atoms with Crippen molar-refractivity contribution < 1.29 is 43.3 Å². The van der Waals surface area contributed by atoms with Gasteiger partial charge in [0.05, 0.1) is 32.1 Å². The molecule has 0 aromatic carbocycles. The van der Waals surface area contributed by atoms with Gasteiger partial charge in [0.25, 0.3) is 0 Å². The lowest BCUT2D eigenvalue weighted by molar-refractivity contribution is -0.138. The van der Waals surface area contributed by atoms with E-state index in [9.17, 15) is 24.0 Å². The number of nitrogens with one attached hydrogen (secondary N) is 4. The summed E-state index contributed by atoms with van der Waals surface area (Å²) in [4.78, 5) is 59.1. The zero-order valence-corrected chi connectivity index (χ0v) is 22.1. The standard InChI is InChI=1S/C22H40N4O9S/c1-4-33-11-12-34-10-9-23-18(27)8-6-7-17(26-20(29)15-36-16(3)35-5-2)22(32)25-13-19(28)24-14-21(30)31/h16-17H,4-15H2,1-3H3,(H,23,27)(H,24,28)(H,25,32)(H,26,29)(H,30,31). The van der Waals surface area contributed by atoms with E-state index in [1.807, 2.05) is 20.8 Å². The van der Waals surface area contributed by atoms with Crippen LogP contribution in [0.4, 0.5) is 0 Å². The number of hydrogen-bond donors (Lipinski definition) is 5. The molecule has 5 N–H and O–H groups in total. The van der Waals surface area contributed by atoms with E-state index in [-0.39, 0.29) is 29.9 Å². The quantitative estimate of drug-likeness (QED) is 0.0872. The topological polar surface area (TPSA) is 181 Å². The number of thioether (sulfide) groups is 1. The minimum Gasteiger partial charge on any atom is -0.480 e. The predicted molar refractivity (Wildman–Crippen MR) is 133 cm³/mol. The Morgan fingerprint density at radius 2 is 1.58 bits per heavy atom. The van der Waals surface area contributed by atoms with Gasteiger partial charge < -0.3 is 40.6 Å². The van der Waals surface area contributed by atoms with Gasteiger partial charge in [-0.2, -0.15) is 0 Å². The SMILES string of the molecule is CCOCCOCCNC(=O)CCCC(NC(=O)CSC(C)OCC)C(=O)NCC(=O)NCC(=O)O. The summed E-state index contributed by atoms with van der Waals surface area (Å²) in [5.41, 5.74) is -0.196. The van der Waals surface area contributed by atoms with Crippen LogP contribution in [0.2, 0.25) is 0 Å². The zero-order valence-electron chi connectivity index (χ0n) is 21.3. The summed E-state index contributed by atoms with van der Waals surface area (Å²) in [7, 11) is 0. The maximum Gasteiger partial charge on any atom is 0.322 e. The fourth-order valence-corrected chi connectivity index (χ4v) is 3.39. The molecule has 2 unspecified atom stereocenters. The number of carboxylic acid groups (broad SMARTS) is 1.